The van der Waals surface area contributed by atoms with E-state index in [1.165, 1.54) is 36.3 Å². The molecule has 102 valence electrons. The smallest absolute Gasteiger partial charge is 0.183 e. The number of nitrogens with zero attached hydrogens (tertiary/aromatic N) is 1. The van der Waals surface area contributed by atoms with Gasteiger partial charge in [-0.3, -0.25) is 0 Å². The van der Waals surface area contributed by atoms with Crippen molar-refractivity contribution in [2.75, 3.05) is 5.32 Å². The largest absolute Gasteiger partial charge is 0.359 e. The molecule has 18 heavy (non-hydrogen) atoms. The third kappa shape index (κ3) is 2.87. The van der Waals surface area contributed by atoms with Crippen LogP contribution >= 0.6 is 11.3 Å². The van der Waals surface area contributed by atoms with Crippen LogP contribution in [0.5, 0.6) is 0 Å². The van der Waals surface area contributed by atoms with E-state index in [0.717, 1.165) is 11.0 Å². The van der Waals surface area contributed by atoms with E-state index < -0.39 is 0 Å². The molecule has 0 aliphatic heterocycles. The minimum atomic E-state index is 0.466. The lowest BCUT2D eigenvalue weighted by atomic mass is 9.70. The number of rotatable bonds is 4. The zero-order chi connectivity index (χ0) is 13.3. The van der Waals surface area contributed by atoms with Crippen molar-refractivity contribution in [3.8, 4) is 0 Å². The van der Waals surface area contributed by atoms with Gasteiger partial charge in [0, 0.05) is 10.9 Å². The summed E-state index contributed by atoms with van der Waals surface area (Å²) in [6.45, 7) is 11.5. The van der Waals surface area contributed by atoms with E-state index in [4.69, 9.17) is 4.98 Å². The Balaban J connectivity index is 2.12. The first-order valence-corrected chi connectivity index (χ1v) is 7.99. The van der Waals surface area contributed by atoms with Gasteiger partial charge < -0.3 is 5.32 Å². The van der Waals surface area contributed by atoms with Crippen LogP contribution in [0, 0.1) is 11.3 Å². The van der Waals surface area contributed by atoms with Gasteiger partial charge in [0.15, 0.2) is 5.13 Å². The highest BCUT2D eigenvalue weighted by Gasteiger charge is 2.32. The Morgan fingerprint density at radius 1 is 1.44 bits per heavy atom. The van der Waals surface area contributed by atoms with Gasteiger partial charge >= 0.3 is 0 Å². The molecule has 0 fully saturated rings. The normalized spacial score (nSPS) is 20.0. The van der Waals surface area contributed by atoms with Gasteiger partial charge in [-0.15, -0.1) is 11.3 Å². The van der Waals surface area contributed by atoms with Crippen LogP contribution in [0.25, 0.3) is 0 Å². The van der Waals surface area contributed by atoms with Gasteiger partial charge in [-0.1, -0.05) is 27.2 Å². The van der Waals surface area contributed by atoms with Crippen molar-refractivity contribution in [2.24, 2.45) is 11.3 Å². The molecule has 1 aromatic rings. The number of nitrogens with one attached hydrogen (secondary N) is 1. The van der Waals surface area contributed by atoms with E-state index in [0.29, 0.717) is 11.5 Å². The van der Waals surface area contributed by atoms with Gasteiger partial charge in [0.25, 0.3) is 0 Å². The van der Waals surface area contributed by atoms with Gasteiger partial charge in [-0.05, 0) is 44.4 Å². The van der Waals surface area contributed by atoms with Crippen molar-refractivity contribution in [1.29, 1.82) is 0 Å². The molecule has 1 N–H and O–H groups in total. The van der Waals surface area contributed by atoms with Crippen LogP contribution in [0.15, 0.2) is 0 Å². The number of hydrogen-bond donors (Lipinski definition) is 1. The predicted molar refractivity (Wildman–Crippen MR) is 80.5 cm³/mol. The summed E-state index contributed by atoms with van der Waals surface area (Å²) in [6, 6.07) is 0.473. The Kier molecular flexibility index (Phi) is 4.00. The third-order valence-corrected chi connectivity index (χ3v) is 5.42. The molecular formula is C15H26N2S. The standard InChI is InChI=1S/C15H26N2S/c1-6-15(4,5)11-7-8-12-13(9-11)18-14(17-12)16-10(2)3/h10-11H,6-9H2,1-5H3,(H,16,17). The molecule has 3 heteroatoms. The van der Waals surface area contributed by atoms with Crippen LogP contribution in [-0.4, -0.2) is 11.0 Å². The number of thiazole rings is 1. The lowest BCUT2D eigenvalue weighted by Crippen LogP contribution is -2.28. The van der Waals surface area contributed by atoms with E-state index in [-0.39, 0.29) is 0 Å². The Labute approximate surface area is 115 Å². The first kappa shape index (κ1) is 13.9. The number of aryl methyl sites for hydroxylation is 1. The van der Waals surface area contributed by atoms with Crippen molar-refractivity contribution in [1.82, 2.24) is 4.98 Å². The Morgan fingerprint density at radius 2 is 2.17 bits per heavy atom. The second-order valence-corrected chi connectivity index (χ2v) is 7.55. The van der Waals surface area contributed by atoms with Crippen LogP contribution < -0.4 is 5.32 Å². The van der Waals surface area contributed by atoms with E-state index in [9.17, 15) is 0 Å². The maximum Gasteiger partial charge on any atom is 0.183 e. The average molecular weight is 266 g/mol. The second kappa shape index (κ2) is 5.20. The minimum absolute atomic E-state index is 0.466. The molecule has 2 nitrogen and oxygen atoms in total. The van der Waals surface area contributed by atoms with E-state index in [2.05, 4.69) is 39.9 Å². The fourth-order valence-corrected chi connectivity index (χ4v) is 3.87. The number of fused-ring (bicyclic) bond motifs is 1. The summed E-state index contributed by atoms with van der Waals surface area (Å²) in [4.78, 5) is 6.26. The molecule has 0 saturated heterocycles. The van der Waals surface area contributed by atoms with Crippen LogP contribution in [0.4, 0.5) is 5.13 Å². The van der Waals surface area contributed by atoms with Gasteiger partial charge in [0.05, 0.1) is 5.69 Å². The molecule has 0 amide bonds. The Hall–Kier alpha value is -0.570. The van der Waals surface area contributed by atoms with Crippen LogP contribution in [0.2, 0.25) is 0 Å². The summed E-state index contributed by atoms with van der Waals surface area (Å²) in [6.07, 6.45) is 4.97. The molecule has 1 atom stereocenters. The molecule has 0 saturated carbocycles. The van der Waals surface area contributed by atoms with Gasteiger partial charge in [0.2, 0.25) is 0 Å². The number of anilines is 1. The second-order valence-electron chi connectivity index (χ2n) is 6.47. The quantitative estimate of drug-likeness (QED) is 0.867. The lowest BCUT2D eigenvalue weighted by molar-refractivity contribution is 0.183. The highest BCUT2D eigenvalue weighted by molar-refractivity contribution is 7.15. The highest BCUT2D eigenvalue weighted by Crippen LogP contribution is 2.41. The zero-order valence-electron chi connectivity index (χ0n) is 12.3. The maximum absolute atomic E-state index is 4.74. The van der Waals surface area contributed by atoms with Crippen molar-refractivity contribution in [3.05, 3.63) is 10.6 Å². The number of aromatic nitrogens is 1. The van der Waals surface area contributed by atoms with E-state index in [1.54, 1.807) is 0 Å². The molecular weight excluding hydrogens is 240 g/mol. The summed E-state index contributed by atoms with van der Waals surface area (Å²) in [5.41, 5.74) is 1.82. The summed E-state index contributed by atoms with van der Waals surface area (Å²) >= 11 is 1.87. The third-order valence-electron chi connectivity index (χ3n) is 4.37. The molecule has 2 rings (SSSR count). The summed E-state index contributed by atoms with van der Waals surface area (Å²) < 4.78 is 0. The van der Waals surface area contributed by atoms with E-state index in [1.807, 2.05) is 11.3 Å². The van der Waals surface area contributed by atoms with Crippen molar-refractivity contribution in [3.63, 3.8) is 0 Å². The number of hydrogen-bond acceptors (Lipinski definition) is 3. The van der Waals surface area contributed by atoms with Crippen LogP contribution in [-0.2, 0) is 12.8 Å². The van der Waals surface area contributed by atoms with Gasteiger partial charge in [0.1, 0.15) is 0 Å². The molecule has 0 bridgehead atoms. The average Bonchev–Trinajstić information content (AvgIpc) is 2.68. The lowest BCUT2D eigenvalue weighted by Gasteiger charge is -2.35. The van der Waals surface area contributed by atoms with Crippen molar-refractivity contribution in [2.45, 2.75) is 66.3 Å². The monoisotopic (exact) mass is 266 g/mol. The summed E-state index contributed by atoms with van der Waals surface area (Å²) in [5, 5.41) is 4.55. The molecule has 1 aliphatic carbocycles. The fraction of sp³-hybridized carbons (Fsp3) is 0.800. The fourth-order valence-electron chi connectivity index (χ4n) is 2.64. The van der Waals surface area contributed by atoms with Crippen LogP contribution in [0.3, 0.4) is 0 Å². The predicted octanol–water partition coefficient (Wildman–Crippen LogP) is 4.50. The van der Waals surface area contributed by atoms with E-state index >= 15 is 0 Å². The zero-order valence-corrected chi connectivity index (χ0v) is 13.2. The summed E-state index contributed by atoms with van der Waals surface area (Å²) in [5.74, 6) is 0.822. The topological polar surface area (TPSA) is 24.9 Å². The molecule has 1 unspecified atom stereocenters. The molecule has 0 aromatic carbocycles. The van der Waals surface area contributed by atoms with Crippen molar-refractivity contribution >= 4 is 16.5 Å². The first-order valence-electron chi connectivity index (χ1n) is 7.17. The molecule has 1 aliphatic rings. The molecule has 0 radical (unpaired) electrons. The van der Waals surface area contributed by atoms with Gasteiger partial charge in [-0.2, -0.15) is 0 Å². The SMILES string of the molecule is CCC(C)(C)C1CCc2nc(NC(C)C)sc2C1. The van der Waals surface area contributed by atoms with Crippen molar-refractivity contribution < 1.29 is 0 Å². The Bertz CT molecular complexity index is 407. The highest BCUT2D eigenvalue weighted by atomic mass is 32.1. The minimum Gasteiger partial charge on any atom is -0.359 e. The summed E-state index contributed by atoms with van der Waals surface area (Å²) in [7, 11) is 0. The Morgan fingerprint density at radius 3 is 2.78 bits per heavy atom. The van der Waals surface area contributed by atoms with Gasteiger partial charge in [-0.25, -0.2) is 4.98 Å². The molecule has 1 heterocycles. The van der Waals surface area contributed by atoms with Crippen LogP contribution in [0.1, 0.15) is 58.0 Å². The molecule has 1 aromatic heterocycles. The maximum atomic E-state index is 4.74. The molecule has 0 spiro atoms. The first-order chi connectivity index (χ1) is 8.42.